The number of hydrogen-bond donors (Lipinski definition) is 2. The van der Waals surface area contributed by atoms with E-state index in [-0.39, 0.29) is 47.9 Å². The molecule has 0 saturated carbocycles. The lowest BCUT2D eigenvalue weighted by Gasteiger charge is -2.30. The van der Waals surface area contributed by atoms with Crippen molar-refractivity contribution in [1.29, 1.82) is 0 Å². The van der Waals surface area contributed by atoms with Crippen molar-refractivity contribution in [3.05, 3.63) is 12.2 Å². The Morgan fingerprint density at radius 2 is 1.87 bits per heavy atom. The van der Waals surface area contributed by atoms with Crippen molar-refractivity contribution in [3.63, 3.8) is 0 Å². The van der Waals surface area contributed by atoms with Crippen LogP contribution in [0.5, 0.6) is 0 Å². The summed E-state index contributed by atoms with van der Waals surface area (Å²) in [6, 6.07) is 0. The van der Waals surface area contributed by atoms with Crippen molar-refractivity contribution in [3.8, 4) is 0 Å². The SMILES string of the molecule is C=C(C)CNC(=NCC(=O)N(C)C)NCC(OC)C(C)(C)C.I. The molecule has 1 amide bonds. The quantitative estimate of drug-likeness (QED) is 0.275. The van der Waals surface area contributed by atoms with E-state index < -0.39 is 0 Å². The first-order chi connectivity index (χ1) is 10.1. The molecule has 0 aliphatic carbocycles. The summed E-state index contributed by atoms with van der Waals surface area (Å²) in [6.07, 6.45) is 0.0360. The van der Waals surface area contributed by atoms with Gasteiger partial charge in [0, 0.05) is 34.3 Å². The molecular formula is C16H33IN4O2. The Labute approximate surface area is 158 Å². The topological polar surface area (TPSA) is 66.0 Å². The van der Waals surface area contributed by atoms with Crippen molar-refractivity contribution < 1.29 is 9.53 Å². The molecule has 0 bridgehead atoms. The summed E-state index contributed by atoms with van der Waals surface area (Å²) in [6.45, 7) is 13.5. The van der Waals surface area contributed by atoms with Crippen LogP contribution in [-0.4, -0.2) is 63.7 Å². The van der Waals surface area contributed by atoms with Crippen LogP contribution in [0, 0.1) is 5.41 Å². The van der Waals surface area contributed by atoms with E-state index in [4.69, 9.17) is 4.74 Å². The zero-order valence-corrected chi connectivity index (χ0v) is 17.9. The van der Waals surface area contributed by atoms with Gasteiger partial charge >= 0.3 is 0 Å². The zero-order chi connectivity index (χ0) is 17.3. The van der Waals surface area contributed by atoms with Gasteiger partial charge in [0.05, 0.1) is 6.10 Å². The highest BCUT2D eigenvalue weighted by molar-refractivity contribution is 14.0. The van der Waals surface area contributed by atoms with Gasteiger partial charge in [-0.25, -0.2) is 4.99 Å². The maximum Gasteiger partial charge on any atom is 0.243 e. The van der Waals surface area contributed by atoms with Gasteiger partial charge in [-0.2, -0.15) is 0 Å². The van der Waals surface area contributed by atoms with E-state index in [2.05, 4.69) is 43.0 Å². The molecule has 0 aromatic rings. The van der Waals surface area contributed by atoms with Gasteiger partial charge in [0.25, 0.3) is 0 Å². The van der Waals surface area contributed by atoms with Crippen LogP contribution in [0.15, 0.2) is 17.1 Å². The third kappa shape index (κ3) is 11.4. The van der Waals surface area contributed by atoms with E-state index in [0.29, 0.717) is 19.0 Å². The Bertz CT molecular complexity index is 403. The Hall–Kier alpha value is -0.830. The number of ether oxygens (including phenoxy) is 1. The van der Waals surface area contributed by atoms with Gasteiger partial charge in [0.1, 0.15) is 6.54 Å². The second-order valence-corrected chi connectivity index (χ2v) is 6.73. The molecule has 1 atom stereocenters. The zero-order valence-electron chi connectivity index (χ0n) is 15.5. The number of halogens is 1. The van der Waals surface area contributed by atoms with Gasteiger partial charge in [0.2, 0.25) is 5.91 Å². The molecule has 0 fully saturated rings. The van der Waals surface area contributed by atoms with Crippen molar-refractivity contribution in [2.24, 2.45) is 10.4 Å². The van der Waals surface area contributed by atoms with Crippen LogP contribution in [0.1, 0.15) is 27.7 Å². The molecule has 0 aliphatic heterocycles. The van der Waals surface area contributed by atoms with Crippen LogP contribution in [0.4, 0.5) is 0 Å². The Morgan fingerprint density at radius 1 is 1.30 bits per heavy atom. The minimum Gasteiger partial charge on any atom is -0.379 e. The third-order valence-electron chi connectivity index (χ3n) is 3.13. The van der Waals surface area contributed by atoms with E-state index in [0.717, 1.165) is 5.57 Å². The van der Waals surface area contributed by atoms with Gasteiger partial charge in [0.15, 0.2) is 5.96 Å². The van der Waals surface area contributed by atoms with Crippen LogP contribution < -0.4 is 10.6 Å². The molecule has 0 aromatic carbocycles. The highest BCUT2D eigenvalue weighted by Gasteiger charge is 2.24. The third-order valence-corrected chi connectivity index (χ3v) is 3.13. The van der Waals surface area contributed by atoms with Gasteiger partial charge in [-0.05, 0) is 12.3 Å². The maximum atomic E-state index is 11.7. The maximum absolute atomic E-state index is 11.7. The Morgan fingerprint density at radius 3 is 2.26 bits per heavy atom. The molecule has 1 unspecified atom stereocenters. The smallest absolute Gasteiger partial charge is 0.243 e. The molecule has 7 heteroatoms. The number of carbonyl (C=O) groups excluding carboxylic acids is 1. The normalized spacial score (nSPS) is 12.9. The Balaban J connectivity index is 0. The molecule has 23 heavy (non-hydrogen) atoms. The summed E-state index contributed by atoms with van der Waals surface area (Å²) >= 11 is 0. The summed E-state index contributed by atoms with van der Waals surface area (Å²) in [5.74, 6) is 0.542. The number of methoxy groups -OCH3 is 1. The molecule has 0 aliphatic rings. The van der Waals surface area contributed by atoms with Crippen molar-refractivity contribution in [2.45, 2.75) is 33.8 Å². The summed E-state index contributed by atoms with van der Waals surface area (Å²) in [4.78, 5) is 17.5. The standard InChI is InChI=1S/C16H32N4O2.HI/c1-12(2)9-17-15(19-11-14(21)20(6)7)18-10-13(22-8)16(3,4)5;/h13H,1,9-11H2,2-8H3,(H2,17,18,19);1H. The number of hydrogen-bond acceptors (Lipinski definition) is 3. The molecule has 6 nitrogen and oxygen atoms in total. The number of carbonyl (C=O) groups is 1. The van der Waals surface area contributed by atoms with Crippen LogP contribution in [-0.2, 0) is 9.53 Å². The number of likely N-dealkylation sites (N-methyl/N-ethyl adjacent to an activating group) is 1. The molecule has 0 saturated heterocycles. The van der Waals surface area contributed by atoms with Crippen LogP contribution in [0.3, 0.4) is 0 Å². The van der Waals surface area contributed by atoms with Gasteiger partial charge < -0.3 is 20.3 Å². The average Bonchev–Trinajstić information content (AvgIpc) is 2.39. The predicted octanol–water partition coefficient (Wildman–Crippen LogP) is 1.86. The highest BCUT2D eigenvalue weighted by atomic mass is 127. The molecule has 0 aromatic heterocycles. The lowest BCUT2D eigenvalue weighted by molar-refractivity contribution is -0.127. The van der Waals surface area contributed by atoms with Crippen LogP contribution >= 0.6 is 24.0 Å². The summed E-state index contributed by atoms with van der Waals surface area (Å²) in [7, 11) is 5.13. The minimum absolute atomic E-state index is 0. The lowest BCUT2D eigenvalue weighted by Crippen LogP contribution is -2.46. The molecule has 136 valence electrons. The first kappa shape index (κ1) is 24.4. The van der Waals surface area contributed by atoms with E-state index in [9.17, 15) is 4.79 Å². The fourth-order valence-corrected chi connectivity index (χ4v) is 1.63. The molecular weight excluding hydrogens is 407 g/mol. The van der Waals surface area contributed by atoms with Crippen molar-refractivity contribution in [2.75, 3.05) is 40.8 Å². The average molecular weight is 440 g/mol. The van der Waals surface area contributed by atoms with Gasteiger partial charge in [-0.3, -0.25) is 4.79 Å². The van der Waals surface area contributed by atoms with Crippen molar-refractivity contribution in [1.82, 2.24) is 15.5 Å². The van der Waals surface area contributed by atoms with E-state index in [1.165, 1.54) is 4.90 Å². The second kappa shape index (κ2) is 11.7. The highest BCUT2D eigenvalue weighted by Crippen LogP contribution is 2.20. The van der Waals surface area contributed by atoms with Gasteiger partial charge in [-0.15, -0.1) is 24.0 Å². The first-order valence-corrected chi connectivity index (χ1v) is 7.47. The minimum atomic E-state index is -0.0458. The predicted molar refractivity (Wildman–Crippen MR) is 107 cm³/mol. The summed E-state index contributed by atoms with van der Waals surface area (Å²) in [5.41, 5.74) is 1.01. The van der Waals surface area contributed by atoms with E-state index in [1.807, 2.05) is 6.92 Å². The fourth-order valence-electron chi connectivity index (χ4n) is 1.63. The number of amides is 1. The largest absolute Gasteiger partial charge is 0.379 e. The number of rotatable bonds is 7. The Kier molecular flexibility index (Phi) is 12.4. The molecule has 0 spiro atoms. The summed E-state index contributed by atoms with van der Waals surface area (Å²) in [5, 5.41) is 6.39. The van der Waals surface area contributed by atoms with Crippen molar-refractivity contribution >= 4 is 35.8 Å². The van der Waals surface area contributed by atoms with E-state index >= 15 is 0 Å². The second-order valence-electron chi connectivity index (χ2n) is 6.73. The van der Waals surface area contributed by atoms with Crippen LogP contribution in [0.2, 0.25) is 0 Å². The number of nitrogens with zero attached hydrogens (tertiary/aromatic N) is 2. The molecule has 0 heterocycles. The first-order valence-electron chi connectivity index (χ1n) is 7.47. The number of guanidine groups is 1. The number of nitrogens with one attached hydrogen (secondary N) is 2. The monoisotopic (exact) mass is 440 g/mol. The fraction of sp³-hybridized carbons (Fsp3) is 0.750. The molecule has 0 rings (SSSR count). The summed E-state index contributed by atoms with van der Waals surface area (Å²) < 4.78 is 5.52. The van der Waals surface area contributed by atoms with E-state index in [1.54, 1.807) is 21.2 Å². The van der Waals surface area contributed by atoms with Gasteiger partial charge in [-0.1, -0.05) is 32.9 Å². The molecule has 0 radical (unpaired) electrons. The lowest BCUT2D eigenvalue weighted by atomic mass is 9.89. The van der Waals surface area contributed by atoms with Crippen LogP contribution in [0.25, 0.3) is 0 Å². The number of aliphatic imine (C=N–C) groups is 1. The molecule has 2 N–H and O–H groups in total.